The van der Waals surface area contributed by atoms with Crippen LogP contribution in [0.3, 0.4) is 0 Å². The van der Waals surface area contributed by atoms with E-state index in [9.17, 15) is 18.0 Å². The molecule has 33 heavy (non-hydrogen) atoms. The maximum atomic E-state index is 13.0. The highest BCUT2D eigenvalue weighted by Gasteiger charge is 2.39. The highest BCUT2D eigenvalue weighted by Crippen LogP contribution is 2.34. The van der Waals surface area contributed by atoms with E-state index in [1.54, 1.807) is 6.07 Å². The fraction of sp³-hybridized carbons (Fsp3) is 0.708. The van der Waals surface area contributed by atoms with Crippen LogP contribution in [0.4, 0.5) is 18.9 Å². The molecule has 0 spiro atoms. The van der Waals surface area contributed by atoms with Crippen molar-refractivity contribution in [2.45, 2.75) is 43.8 Å². The molecular weight excluding hydrogens is 433 g/mol. The van der Waals surface area contributed by atoms with Crippen LogP contribution in [-0.4, -0.2) is 86.8 Å². The molecule has 1 amide bonds. The lowest BCUT2D eigenvalue weighted by molar-refractivity contribution is -0.137. The number of nitrogens with zero attached hydrogens (tertiary/aromatic N) is 3. The smallest absolute Gasteiger partial charge is 0.379 e. The summed E-state index contributed by atoms with van der Waals surface area (Å²) >= 11 is 0. The van der Waals surface area contributed by atoms with E-state index < -0.39 is 11.7 Å². The van der Waals surface area contributed by atoms with Crippen LogP contribution >= 0.6 is 0 Å². The third-order valence-corrected chi connectivity index (χ3v) is 7.36. The van der Waals surface area contributed by atoms with Gasteiger partial charge in [0, 0.05) is 57.0 Å². The number of benzene rings is 1. The van der Waals surface area contributed by atoms with Gasteiger partial charge in [-0.2, -0.15) is 13.2 Å². The molecule has 1 saturated carbocycles. The first-order chi connectivity index (χ1) is 15.9. The molecule has 0 aromatic heterocycles. The third-order valence-electron chi connectivity index (χ3n) is 7.36. The third kappa shape index (κ3) is 6.19. The van der Waals surface area contributed by atoms with E-state index in [1.807, 2.05) is 4.90 Å². The van der Waals surface area contributed by atoms with Gasteiger partial charge in [0.15, 0.2) is 0 Å². The van der Waals surface area contributed by atoms with Gasteiger partial charge < -0.3 is 15.0 Å². The second-order valence-corrected chi connectivity index (χ2v) is 9.47. The van der Waals surface area contributed by atoms with Crippen molar-refractivity contribution < 1.29 is 22.7 Å². The molecule has 1 aromatic rings. The highest BCUT2D eigenvalue weighted by atomic mass is 19.4. The van der Waals surface area contributed by atoms with Gasteiger partial charge in [-0.05, 0) is 31.0 Å². The summed E-state index contributed by atoms with van der Waals surface area (Å²) in [4.78, 5) is 19.3. The summed E-state index contributed by atoms with van der Waals surface area (Å²) in [5.74, 6) is 0.0285. The van der Waals surface area contributed by atoms with Gasteiger partial charge in [0.2, 0.25) is 5.91 Å². The minimum Gasteiger partial charge on any atom is -0.379 e. The Bertz CT molecular complexity index is 784. The fourth-order valence-electron chi connectivity index (χ4n) is 5.42. The lowest BCUT2D eigenvalue weighted by Gasteiger charge is -2.48. The molecule has 0 radical (unpaired) electrons. The van der Waals surface area contributed by atoms with E-state index in [0.29, 0.717) is 45.0 Å². The number of anilines is 1. The minimum absolute atomic E-state index is 0.0285. The molecule has 3 aliphatic rings. The molecule has 0 bridgehead atoms. The number of nitrogens with one attached hydrogen (secondary N) is 1. The van der Waals surface area contributed by atoms with Crippen LogP contribution in [0.15, 0.2) is 24.3 Å². The van der Waals surface area contributed by atoms with Crippen molar-refractivity contribution in [3.05, 3.63) is 29.8 Å². The number of alkyl halides is 3. The van der Waals surface area contributed by atoms with Crippen molar-refractivity contribution in [3.8, 4) is 0 Å². The average molecular weight is 469 g/mol. The molecule has 1 aliphatic carbocycles. The number of morpholine rings is 1. The first-order valence-electron chi connectivity index (χ1n) is 12.1. The van der Waals surface area contributed by atoms with Gasteiger partial charge in [-0.25, -0.2) is 0 Å². The predicted octanol–water partition coefficient (Wildman–Crippen LogP) is 2.98. The Labute approximate surface area is 194 Å². The lowest BCUT2D eigenvalue weighted by atomic mass is 9.79. The van der Waals surface area contributed by atoms with Crippen molar-refractivity contribution in [2.24, 2.45) is 0 Å². The Kier molecular flexibility index (Phi) is 7.81. The number of hydrogen-bond donors (Lipinski definition) is 1. The van der Waals surface area contributed by atoms with Gasteiger partial charge in [0.1, 0.15) is 0 Å². The number of carbonyl (C=O) groups excluding carboxylic acids is 1. The summed E-state index contributed by atoms with van der Waals surface area (Å²) < 4.78 is 44.6. The first-order valence-corrected chi connectivity index (χ1v) is 12.1. The molecule has 184 valence electrons. The summed E-state index contributed by atoms with van der Waals surface area (Å²) in [6.45, 7) is 6.87. The van der Waals surface area contributed by atoms with Gasteiger partial charge in [-0.3, -0.25) is 14.6 Å². The quantitative estimate of drug-likeness (QED) is 0.696. The monoisotopic (exact) mass is 468 g/mol. The number of rotatable bonds is 6. The molecular formula is C24H35F3N4O2. The van der Waals surface area contributed by atoms with E-state index in [2.05, 4.69) is 15.1 Å². The largest absolute Gasteiger partial charge is 0.416 e. The standard InChI is InChI=1S/C24H35F3N4O2/c25-24(26,27)20-5-4-6-21(17-20)30-11-9-29(10-12-30)18-22(32)28-19-23(7-2-1-3-8-23)31-13-15-33-16-14-31/h4-6,17H,1-3,7-16,18-19H2,(H,28,32). The molecule has 0 atom stereocenters. The van der Waals surface area contributed by atoms with Crippen molar-refractivity contribution in [2.75, 3.05) is 70.5 Å². The first kappa shape index (κ1) is 24.3. The zero-order chi connectivity index (χ0) is 23.3. The van der Waals surface area contributed by atoms with Crippen LogP contribution in [0.25, 0.3) is 0 Å². The van der Waals surface area contributed by atoms with E-state index >= 15 is 0 Å². The van der Waals surface area contributed by atoms with E-state index in [-0.39, 0.29) is 11.4 Å². The molecule has 9 heteroatoms. The van der Waals surface area contributed by atoms with Crippen LogP contribution in [0.5, 0.6) is 0 Å². The van der Waals surface area contributed by atoms with Crippen LogP contribution in [0.2, 0.25) is 0 Å². The highest BCUT2D eigenvalue weighted by molar-refractivity contribution is 5.78. The summed E-state index contributed by atoms with van der Waals surface area (Å²) in [5, 5.41) is 3.20. The van der Waals surface area contributed by atoms with Gasteiger partial charge >= 0.3 is 6.18 Å². The zero-order valence-corrected chi connectivity index (χ0v) is 19.2. The number of piperazine rings is 1. The maximum absolute atomic E-state index is 13.0. The Morgan fingerprint density at radius 3 is 2.36 bits per heavy atom. The lowest BCUT2D eigenvalue weighted by Crippen LogP contribution is -2.60. The topological polar surface area (TPSA) is 48.1 Å². The zero-order valence-electron chi connectivity index (χ0n) is 19.2. The normalized spacial score (nSPS) is 22.8. The Balaban J connectivity index is 1.26. The molecule has 0 unspecified atom stereocenters. The molecule has 2 aliphatic heterocycles. The number of amides is 1. The molecule has 1 N–H and O–H groups in total. The molecule has 2 heterocycles. The molecule has 3 fully saturated rings. The Morgan fingerprint density at radius 1 is 1.00 bits per heavy atom. The van der Waals surface area contributed by atoms with Gasteiger partial charge in [0.25, 0.3) is 0 Å². The van der Waals surface area contributed by atoms with E-state index in [0.717, 1.165) is 45.2 Å². The fourth-order valence-corrected chi connectivity index (χ4v) is 5.42. The summed E-state index contributed by atoms with van der Waals surface area (Å²) in [6.07, 6.45) is 1.55. The van der Waals surface area contributed by atoms with Gasteiger partial charge in [-0.15, -0.1) is 0 Å². The van der Waals surface area contributed by atoms with Crippen molar-refractivity contribution in [1.82, 2.24) is 15.1 Å². The number of carbonyl (C=O) groups is 1. The Hall–Kier alpha value is -1.84. The maximum Gasteiger partial charge on any atom is 0.416 e. The summed E-state index contributed by atoms with van der Waals surface area (Å²) in [6, 6.07) is 5.47. The van der Waals surface area contributed by atoms with Crippen molar-refractivity contribution in [1.29, 1.82) is 0 Å². The van der Waals surface area contributed by atoms with Gasteiger partial charge in [0.05, 0.1) is 25.3 Å². The predicted molar refractivity (Wildman–Crippen MR) is 121 cm³/mol. The van der Waals surface area contributed by atoms with Gasteiger partial charge in [-0.1, -0.05) is 25.3 Å². The number of halogens is 3. The summed E-state index contributed by atoms with van der Waals surface area (Å²) in [5.41, 5.74) is -0.00252. The molecule has 6 nitrogen and oxygen atoms in total. The second-order valence-electron chi connectivity index (χ2n) is 9.47. The van der Waals surface area contributed by atoms with Crippen LogP contribution in [0.1, 0.15) is 37.7 Å². The average Bonchev–Trinajstić information content (AvgIpc) is 2.84. The second kappa shape index (κ2) is 10.6. The minimum atomic E-state index is -4.34. The Morgan fingerprint density at radius 2 is 1.70 bits per heavy atom. The van der Waals surface area contributed by atoms with Crippen molar-refractivity contribution >= 4 is 11.6 Å². The van der Waals surface area contributed by atoms with Crippen LogP contribution in [0, 0.1) is 0 Å². The number of ether oxygens (including phenoxy) is 1. The van der Waals surface area contributed by atoms with Crippen LogP contribution < -0.4 is 10.2 Å². The van der Waals surface area contributed by atoms with Crippen LogP contribution in [-0.2, 0) is 15.7 Å². The van der Waals surface area contributed by atoms with E-state index in [1.165, 1.54) is 31.4 Å². The SMILES string of the molecule is O=C(CN1CCN(c2cccc(C(F)(F)F)c2)CC1)NCC1(N2CCOCC2)CCCCC1. The molecule has 4 rings (SSSR count). The van der Waals surface area contributed by atoms with Crippen molar-refractivity contribution in [3.63, 3.8) is 0 Å². The molecule has 1 aromatic carbocycles. The molecule has 2 saturated heterocycles. The number of hydrogen-bond acceptors (Lipinski definition) is 5. The summed E-state index contributed by atoms with van der Waals surface area (Å²) in [7, 11) is 0. The van der Waals surface area contributed by atoms with E-state index in [4.69, 9.17) is 4.74 Å².